The third-order valence-corrected chi connectivity index (χ3v) is 4.31. The van der Waals surface area contributed by atoms with Crippen LogP contribution in [0.3, 0.4) is 0 Å². The lowest BCUT2D eigenvalue weighted by molar-refractivity contribution is 0.1000. The van der Waals surface area contributed by atoms with Gasteiger partial charge in [-0.25, -0.2) is 0 Å². The quantitative estimate of drug-likeness (QED) is 0.779. The van der Waals surface area contributed by atoms with Gasteiger partial charge in [0.1, 0.15) is 5.54 Å². The van der Waals surface area contributed by atoms with Gasteiger partial charge in [-0.05, 0) is 39.0 Å². The number of ether oxygens (including phenoxy) is 1. The Labute approximate surface area is 96.6 Å². The summed E-state index contributed by atoms with van der Waals surface area (Å²) in [5, 5.41) is 12.8. The van der Waals surface area contributed by atoms with Crippen molar-refractivity contribution in [2.45, 2.75) is 37.0 Å². The lowest BCUT2D eigenvalue weighted by Crippen LogP contribution is -2.38. The number of nitrogens with one attached hydrogen (secondary N) is 1. The zero-order chi connectivity index (χ0) is 11.1. The Kier molecular flexibility index (Phi) is 5.44. The molecule has 1 aliphatic heterocycles. The highest BCUT2D eigenvalue weighted by molar-refractivity contribution is 7.99. The van der Waals surface area contributed by atoms with Gasteiger partial charge in [-0.15, -0.1) is 0 Å². The second-order valence-corrected chi connectivity index (χ2v) is 5.53. The normalized spacial score (nSPS) is 21.9. The summed E-state index contributed by atoms with van der Waals surface area (Å²) in [6, 6.07) is 2.32. The first kappa shape index (κ1) is 12.8. The number of rotatable bonds is 5. The van der Waals surface area contributed by atoms with E-state index in [2.05, 4.69) is 11.4 Å². The minimum Gasteiger partial charge on any atom is -0.381 e. The maximum Gasteiger partial charge on any atom is 0.104 e. The van der Waals surface area contributed by atoms with Crippen molar-refractivity contribution in [1.82, 2.24) is 5.32 Å². The van der Waals surface area contributed by atoms with E-state index in [1.54, 1.807) is 0 Å². The van der Waals surface area contributed by atoms with Gasteiger partial charge in [0.15, 0.2) is 0 Å². The Morgan fingerprint density at radius 2 is 2.20 bits per heavy atom. The molecule has 1 rings (SSSR count). The lowest BCUT2D eigenvalue weighted by atomic mass is 10.0. The molecule has 0 radical (unpaired) electrons. The summed E-state index contributed by atoms with van der Waals surface area (Å²) in [6.45, 7) is 3.76. The maximum absolute atomic E-state index is 8.98. The molecule has 0 saturated carbocycles. The van der Waals surface area contributed by atoms with E-state index in [0.29, 0.717) is 0 Å². The van der Waals surface area contributed by atoms with Gasteiger partial charge in [0.2, 0.25) is 0 Å². The van der Waals surface area contributed by atoms with Gasteiger partial charge >= 0.3 is 0 Å². The molecule has 1 unspecified atom stereocenters. The van der Waals surface area contributed by atoms with Gasteiger partial charge in [-0.2, -0.15) is 17.0 Å². The summed E-state index contributed by atoms with van der Waals surface area (Å²) in [7, 11) is 1.85. The second kappa shape index (κ2) is 6.37. The Hall–Kier alpha value is -0.240. The molecule has 1 atom stereocenters. The first-order chi connectivity index (χ1) is 7.20. The van der Waals surface area contributed by atoms with Crippen LogP contribution in [0.15, 0.2) is 0 Å². The van der Waals surface area contributed by atoms with Crippen LogP contribution in [-0.2, 0) is 4.74 Å². The monoisotopic (exact) mass is 228 g/mol. The summed E-state index contributed by atoms with van der Waals surface area (Å²) >= 11 is 1.98. The summed E-state index contributed by atoms with van der Waals surface area (Å²) < 4.78 is 5.31. The molecule has 0 aromatic carbocycles. The molecule has 0 aromatic rings. The summed E-state index contributed by atoms with van der Waals surface area (Å²) in [5.41, 5.74) is -0.363. The van der Waals surface area contributed by atoms with E-state index in [-0.39, 0.29) is 5.54 Å². The molecule has 1 N–H and O–H groups in total. The molecule has 1 heterocycles. The number of hydrogen-bond donors (Lipinski definition) is 1. The van der Waals surface area contributed by atoms with Gasteiger partial charge in [0.05, 0.1) is 6.07 Å². The van der Waals surface area contributed by atoms with Crippen molar-refractivity contribution in [3.8, 4) is 6.07 Å². The van der Waals surface area contributed by atoms with Crippen molar-refractivity contribution in [3.63, 3.8) is 0 Å². The fourth-order valence-electron chi connectivity index (χ4n) is 1.51. The zero-order valence-electron chi connectivity index (χ0n) is 9.58. The highest BCUT2D eigenvalue weighted by Gasteiger charge is 2.22. The molecular formula is C11H20N2OS. The number of nitrogens with zero attached hydrogens (tertiary/aromatic N) is 1. The topological polar surface area (TPSA) is 45.0 Å². The molecular weight excluding hydrogens is 208 g/mol. The highest BCUT2D eigenvalue weighted by atomic mass is 32.2. The Bertz CT molecular complexity index is 223. The molecule has 0 amide bonds. The SMILES string of the molecule is CNC(C)(C#N)CCSC1CCOCC1. The van der Waals surface area contributed by atoms with Crippen LogP contribution in [0.25, 0.3) is 0 Å². The maximum atomic E-state index is 8.98. The van der Waals surface area contributed by atoms with E-state index < -0.39 is 0 Å². The molecule has 0 bridgehead atoms. The Morgan fingerprint density at radius 1 is 1.53 bits per heavy atom. The molecule has 0 aliphatic carbocycles. The lowest BCUT2D eigenvalue weighted by Gasteiger charge is -2.24. The highest BCUT2D eigenvalue weighted by Crippen LogP contribution is 2.24. The number of hydrogen-bond acceptors (Lipinski definition) is 4. The van der Waals surface area contributed by atoms with E-state index in [1.165, 1.54) is 0 Å². The molecule has 3 nitrogen and oxygen atoms in total. The summed E-state index contributed by atoms with van der Waals surface area (Å²) in [6.07, 6.45) is 3.23. The number of nitriles is 1. The second-order valence-electron chi connectivity index (χ2n) is 4.13. The van der Waals surface area contributed by atoms with Crippen molar-refractivity contribution in [2.75, 3.05) is 26.0 Å². The van der Waals surface area contributed by atoms with Gasteiger partial charge in [-0.1, -0.05) is 0 Å². The third kappa shape index (κ3) is 4.42. The largest absolute Gasteiger partial charge is 0.381 e. The van der Waals surface area contributed by atoms with Crippen LogP contribution in [-0.4, -0.2) is 36.8 Å². The van der Waals surface area contributed by atoms with Crippen molar-refractivity contribution >= 4 is 11.8 Å². The Balaban J connectivity index is 2.17. The van der Waals surface area contributed by atoms with Crippen LogP contribution in [0.1, 0.15) is 26.2 Å². The predicted molar refractivity (Wildman–Crippen MR) is 64.0 cm³/mol. The molecule has 4 heteroatoms. The van der Waals surface area contributed by atoms with Crippen LogP contribution >= 0.6 is 11.8 Å². The summed E-state index contributed by atoms with van der Waals surface area (Å²) in [4.78, 5) is 0. The average molecular weight is 228 g/mol. The molecule has 1 fully saturated rings. The van der Waals surface area contributed by atoms with Crippen molar-refractivity contribution in [3.05, 3.63) is 0 Å². The van der Waals surface area contributed by atoms with E-state index in [9.17, 15) is 0 Å². The minimum absolute atomic E-state index is 0.363. The fraction of sp³-hybridized carbons (Fsp3) is 0.909. The third-order valence-electron chi connectivity index (χ3n) is 2.92. The molecule has 1 aliphatic rings. The predicted octanol–water partition coefficient (Wildman–Crippen LogP) is 1.79. The van der Waals surface area contributed by atoms with Crippen LogP contribution in [0, 0.1) is 11.3 Å². The Morgan fingerprint density at radius 3 is 2.73 bits per heavy atom. The number of thioether (sulfide) groups is 1. The average Bonchev–Trinajstić information content (AvgIpc) is 2.30. The standard InChI is InChI=1S/C11H20N2OS/c1-11(9-12,13-2)5-8-15-10-3-6-14-7-4-10/h10,13H,3-8H2,1-2H3. The van der Waals surface area contributed by atoms with Gasteiger partial charge < -0.3 is 10.1 Å². The first-order valence-electron chi connectivity index (χ1n) is 5.50. The fourth-order valence-corrected chi connectivity index (χ4v) is 2.89. The molecule has 15 heavy (non-hydrogen) atoms. The summed E-state index contributed by atoms with van der Waals surface area (Å²) in [5.74, 6) is 1.05. The van der Waals surface area contributed by atoms with Crippen LogP contribution in [0.5, 0.6) is 0 Å². The zero-order valence-corrected chi connectivity index (χ0v) is 10.4. The van der Waals surface area contributed by atoms with E-state index >= 15 is 0 Å². The van der Waals surface area contributed by atoms with Gasteiger partial charge in [0, 0.05) is 18.5 Å². The molecule has 1 saturated heterocycles. The minimum atomic E-state index is -0.363. The van der Waals surface area contributed by atoms with Gasteiger partial charge in [-0.3, -0.25) is 0 Å². The van der Waals surface area contributed by atoms with Crippen LogP contribution in [0.2, 0.25) is 0 Å². The molecule has 86 valence electrons. The molecule has 0 spiro atoms. The van der Waals surface area contributed by atoms with E-state index in [1.807, 2.05) is 25.7 Å². The van der Waals surface area contributed by atoms with Crippen LogP contribution < -0.4 is 5.32 Å². The first-order valence-corrected chi connectivity index (χ1v) is 6.54. The smallest absolute Gasteiger partial charge is 0.104 e. The van der Waals surface area contributed by atoms with Crippen LogP contribution in [0.4, 0.5) is 0 Å². The van der Waals surface area contributed by atoms with E-state index in [0.717, 1.165) is 43.5 Å². The van der Waals surface area contributed by atoms with E-state index in [4.69, 9.17) is 10.00 Å². The molecule has 0 aromatic heterocycles. The van der Waals surface area contributed by atoms with Crippen molar-refractivity contribution in [1.29, 1.82) is 5.26 Å². The van der Waals surface area contributed by atoms with Gasteiger partial charge in [0.25, 0.3) is 0 Å². The van der Waals surface area contributed by atoms with Crippen molar-refractivity contribution in [2.24, 2.45) is 0 Å². The van der Waals surface area contributed by atoms with Crippen molar-refractivity contribution < 1.29 is 4.74 Å².